The lowest BCUT2D eigenvalue weighted by atomic mass is 10.0. The summed E-state index contributed by atoms with van der Waals surface area (Å²) in [6.07, 6.45) is 85.3. The van der Waals surface area contributed by atoms with Crippen LogP contribution in [0.2, 0.25) is 0 Å². The second-order valence-corrected chi connectivity index (χ2v) is 21.5. The molecular weight excluding hydrogens is 885 g/mol. The van der Waals surface area contributed by atoms with Gasteiger partial charge in [0.05, 0.1) is 6.61 Å². The molecule has 0 saturated carbocycles. The van der Waals surface area contributed by atoms with E-state index in [1.165, 1.54) is 238 Å². The van der Waals surface area contributed by atoms with Crippen molar-refractivity contribution < 1.29 is 24.2 Å². The van der Waals surface area contributed by atoms with E-state index in [1.807, 2.05) is 0 Å². The highest BCUT2D eigenvalue weighted by Crippen LogP contribution is 2.18. The molecule has 1 unspecified atom stereocenters. The number of hydrogen-bond donors (Lipinski definition) is 1. The Balaban J connectivity index is 3.39. The van der Waals surface area contributed by atoms with Crippen LogP contribution in [0.1, 0.15) is 335 Å². The van der Waals surface area contributed by atoms with Crippen LogP contribution < -0.4 is 0 Å². The Kier molecular flexibility index (Phi) is 60.8. The molecule has 0 aromatic heterocycles. The van der Waals surface area contributed by atoms with Crippen LogP contribution in [0.25, 0.3) is 0 Å². The van der Waals surface area contributed by atoms with Crippen LogP contribution in [0.15, 0.2) is 60.8 Å². The van der Waals surface area contributed by atoms with E-state index in [0.717, 1.165) is 70.6 Å². The quantitative estimate of drug-likeness (QED) is 0.0373. The molecule has 0 fully saturated rings. The fourth-order valence-corrected chi connectivity index (χ4v) is 9.55. The van der Waals surface area contributed by atoms with Crippen LogP contribution in [-0.2, 0) is 19.1 Å². The van der Waals surface area contributed by atoms with Gasteiger partial charge >= 0.3 is 11.9 Å². The van der Waals surface area contributed by atoms with E-state index in [9.17, 15) is 14.7 Å². The molecule has 0 heterocycles. The van der Waals surface area contributed by atoms with Crippen LogP contribution in [0.3, 0.4) is 0 Å². The number of hydrogen-bond acceptors (Lipinski definition) is 5. The normalized spacial score (nSPS) is 12.5. The molecule has 0 radical (unpaired) electrons. The molecule has 0 aromatic carbocycles. The van der Waals surface area contributed by atoms with Crippen LogP contribution >= 0.6 is 0 Å². The molecule has 0 aromatic rings. The van der Waals surface area contributed by atoms with Crippen LogP contribution in [0, 0.1) is 0 Å². The van der Waals surface area contributed by atoms with Gasteiger partial charge in [-0.05, 0) is 77.0 Å². The molecule has 0 aliphatic carbocycles. The molecule has 72 heavy (non-hydrogen) atoms. The minimum absolute atomic E-state index is 0.0702. The summed E-state index contributed by atoms with van der Waals surface area (Å²) in [5, 5.41) is 9.65. The summed E-state index contributed by atoms with van der Waals surface area (Å²) >= 11 is 0. The highest BCUT2D eigenvalue weighted by Gasteiger charge is 2.16. The lowest BCUT2D eigenvalue weighted by molar-refractivity contribution is -0.161. The highest BCUT2D eigenvalue weighted by atomic mass is 16.6. The molecule has 1 atom stereocenters. The van der Waals surface area contributed by atoms with Crippen molar-refractivity contribution >= 4 is 11.9 Å². The number of aliphatic hydroxyl groups is 1. The number of rotatable bonds is 59. The summed E-state index contributed by atoms with van der Waals surface area (Å²) in [6.45, 7) is 4.05. The first-order chi connectivity index (χ1) is 35.6. The summed E-state index contributed by atoms with van der Waals surface area (Å²) in [7, 11) is 0. The van der Waals surface area contributed by atoms with Gasteiger partial charge in [0, 0.05) is 12.8 Å². The molecular formula is C67H122O5. The maximum absolute atomic E-state index is 12.3. The zero-order valence-electron chi connectivity index (χ0n) is 48.2. The molecule has 5 nitrogen and oxygen atoms in total. The Morgan fingerprint density at radius 2 is 0.597 bits per heavy atom. The van der Waals surface area contributed by atoms with Gasteiger partial charge in [0.1, 0.15) is 6.61 Å². The number of esters is 2. The van der Waals surface area contributed by atoms with Gasteiger partial charge in [0.25, 0.3) is 0 Å². The molecule has 420 valence electrons. The topological polar surface area (TPSA) is 72.8 Å². The van der Waals surface area contributed by atoms with Crippen molar-refractivity contribution in [2.75, 3.05) is 13.2 Å². The van der Waals surface area contributed by atoms with Gasteiger partial charge in [0.15, 0.2) is 6.10 Å². The summed E-state index contributed by atoms with van der Waals surface area (Å²) in [5.41, 5.74) is 0. The lowest BCUT2D eigenvalue weighted by Gasteiger charge is -2.15. The largest absolute Gasteiger partial charge is 0.462 e. The van der Waals surface area contributed by atoms with Crippen molar-refractivity contribution in [3.05, 3.63) is 60.8 Å². The standard InChI is InChI=1S/C67H122O5/c1-3-5-7-9-11-13-15-17-19-21-23-24-25-26-27-28-29-30-31-32-33-34-35-36-37-38-39-40-41-42-44-45-47-49-51-53-55-57-59-61-66(69)71-64-65(63-68)72-67(70)62-60-58-56-54-52-50-48-46-43-22-20-18-16-14-12-10-8-6-4-2/h6,8,12,14,18,20-21,23,43,46,65,68H,3-5,7,9-11,13,15-17,19,22,24-42,44-45,47-64H2,1-2H3/b8-6-,14-12-,20-18-,23-21-,46-43-. The van der Waals surface area contributed by atoms with Crippen molar-refractivity contribution in [3.63, 3.8) is 0 Å². The SMILES string of the molecule is CC/C=C\C/C=C\C/C=C\C/C=C\CCCCCCCCC(=O)OC(CO)COC(=O)CCCCCCCCCCCCCCCCCCCCCCCCCCCCC/C=C\CCCCCCCCCC. The average Bonchev–Trinajstić information content (AvgIpc) is 3.38. The fraction of sp³-hybridized carbons (Fsp3) is 0.821. The number of allylic oxidation sites excluding steroid dienone is 10. The number of carbonyl (C=O) groups excluding carboxylic acids is 2. The van der Waals surface area contributed by atoms with Crippen molar-refractivity contribution in [2.24, 2.45) is 0 Å². The molecule has 5 heteroatoms. The minimum atomic E-state index is -0.781. The third kappa shape index (κ3) is 60.2. The predicted octanol–water partition coefficient (Wildman–Crippen LogP) is 21.8. The minimum Gasteiger partial charge on any atom is -0.462 e. The highest BCUT2D eigenvalue weighted by molar-refractivity contribution is 5.70. The van der Waals surface area contributed by atoms with Crippen LogP contribution in [0.4, 0.5) is 0 Å². The zero-order valence-corrected chi connectivity index (χ0v) is 48.2. The smallest absolute Gasteiger partial charge is 0.306 e. The summed E-state index contributed by atoms with van der Waals surface area (Å²) < 4.78 is 10.7. The summed E-state index contributed by atoms with van der Waals surface area (Å²) in [4.78, 5) is 24.5. The molecule has 0 aliphatic heterocycles. The third-order valence-corrected chi connectivity index (χ3v) is 14.3. The molecule has 0 spiro atoms. The summed E-state index contributed by atoms with van der Waals surface area (Å²) in [6, 6.07) is 0. The van der Waals surface area contributed by atoms with E-state index in [-0.39, 0.29) is 25.2 Å². The van der Waals surface area contributed by atoms with E-state index in [2.05, 4.69) is 74.6 Å². The van der Waals surface area contributed by atoms with E-state index in [4.69, 9.17) is 9.47 Å². The Bertz CT molecular complexity index is 1230. The second kappa shape index (κ2) is 62.9. The summed E-state index contributed by atoms with van der Waals surface area (Å²) in [5.74, 6) is -0.595. The first-order valence-corrected chi connectivity index (χ1v) is 31.8. The van der Waals surface area contributed by atoms with Gasteiger partial charge in [0.2, 0.25) is 0 Å². The van der Waals surface area contributed by atoms with Gasteiger partial charge in [-0.1, -0.05) is 306 Å². The average molecular weight is 1010 g/mol. The number of carbonyl (C=O) groups is 2. The Morgan fingerprint density at radius 1 is 0.333 bits per heavy atom. The van der Waals surface area contributed by atoms with Crippen molar-refractivity contribution in [2.45, 2.75) is 341 Å². The maximum Gasteiger partial charge on any atom is 0.306 e. The van der Waals surface area contributed by atoms with E-state index in [0.29, 0.717) is 12.8 Å². The maximum atomic E-state index is 12.3. The van der Waals surface area contributed by atoms with Gasteiger partial charge in [-0.15, -0.1) is 0 Å². The molecule has 1 N–H and O–H groups in total. The van der Waals surface area contributed by atoms with Crippen molar-refractivity contribution in [1.82, 2.24) is 0 Å². The Labute approximate surface area is 449 Å². The lowest BCUT2D eigenvalue weighted by Crippen LogP contribution is -2.28. The van der Waals surface area contributed by atoms with Gasteiger partial charge < -0.3 is 14.6 Å². The Morgan fingerprint density at radius 3 is 0.917 bits per heavy atom. The number of ether oxygens (including phenoxy) is 2. The third-order valence-electron chi connectivity index (χ3n) is 14.3. The van der Waals surface area contributed by atoms with E-state index >= 15 is 0 Å². The monoisotopic (exact) mass is 1010 g/mol. The van der Waals surface area contributed by atoms with Crippen molar-refractivity contribution in [1.29, 1.82) is 0 Å². The first kappa shape index (κ1) is 69.6. The molecule has 0 bridgehead atoms. The van der Waals surface area contributed by atoms with E-state index in [1.54, 1.807) is 0 Å². The molecule has 0 aliphatic rings. The molecule has 0 saturated heterocycles. The molecule has 0 amide bonds. The van der Waals surface area contributed by atoms with Gasteiger partial charge in [-0.25, -0.2) is 0 Å². The van der Waals surface area contributed by atoms with Gasteiger partial charge in [-0.3, -0.25) is 9.59 Å². The van der Waals surface area contributed by atoms with Gasteiger partial charge in [-0.2, -0.15) is 0 Å². The van der Waals surface area contributed by atoms with Crippen molar-refractivity contribution in [3.8, 4) is 0 Å². The number of unbranched alkanes of at least 4 members (excludes halogenated alkanes) is 41. The number of aliphatic hydroxyl groups excluding tert-OH is 1. The second-order valence-electron chi connectivity index (χ2n) is 21.5. The fourth-order valence-electron chi connectivity index (χ4n) is 9.55. The van der Waals surface area contributed by atoms with Crippen LogP contribution in [-0.4, -0.2) is 36.4 Å². The van der Waals surface area contributed by atoms with E-state index < -0.39 is 6.10 Å². The zero-order chi connectivity index (χ0) is 52.0. The van der Waals surface area contributed by atoms with Crippen LogP contribution in [0.5, 0.6) is 0 Å². The molecule has 0 rings (SSSR count). The first-order valence-electron chi connectivity index (χ1n) is 31.8. The Hall–Kier alpha value is -2.40. The predicted molar refractivity (Wildman–Crippen MR) is 316 cm³/mol.